The van der Waals surface area contributed by atoms with E-state index in [2.05, 4.69) is 41.9 Å². The van der Waals surface area contributed by atoms with Gasteiger partial charge in [0.05, 0.1) is 27.0 Å². The van der Waals surface area contributed by atoms with Crippen molar-refractivity contribution in [2.75, 3.05) is 12.4 Å². The monoisotopic (exact) mass is 435 g/mol. The topological polar surface area (TPSA) is 55.4 Å². The first-order chi connectivity index (χ1) is 9.92. The molecule has 0 unspecified atom stereocenters. The van der Waals surface area contributed by atoms with E-state index in [1.807, 2.05) is 0 Å². The van der Waals surface area contributed by atoms with Gasteiger partial charge in [-0.1, -0.05) is 0 Å². The number of hydrogen-bond donors (Lipinski definition) is 1. The van der Waals surface area contributed by atoms with E-state index < -0.39 is 17.7 Å². The van der Waals surface area contributed by atoms with Crippen LogP contribution in [0.4, 0.5) is 10.1 Å². The Labute approximate surface area is 140 Å². The van der Waals surface area contributed by atoms with Crippen LogP contribution >= 0.6 is 43.2 Å². The maximum Gasteiger partial charge on any atom is 0.337 e. The summed E-state index contributed by atoms with van der Waals surface area (Å²) in [5, 5.41) is 2.43. The fraction of sp³-hybridized carbons (Fsp3) is 0.0769. The molecule has 1 heterocycles. The van der Waals surface area contributed by atoms with Crippen LogP contribution in [-0.2, 0) is 4.74 Å². The van der Waals surface area contributed by atoms with Gasteiger partial charge in [0.1, 0.15) is 5.82 Å². The van der Waals surface area contributed by atoms with Crippen LogP contribution in [0.15, 0.2) is 32.5 Å². The first-order valence-corrected chi connectivity index (χ1v) is 7.96. The maximum absolute atomic E-state index is 13.7. The number of anilines is 1. The fourth-order valence-electron chi connectivity index (χ4n) is 1.51. The van der Waals surface area contributed by atoms with E-state index in [1.54, 1.807) is 6.07 Å². The van der Waals surface area contributed by atoms with Crippen molar-refractivity contribution < 1.29 is 18.7 Å². The van der Waals surface area contributed by atoms with E-state index in [1.165, 1.54) is 30.6 Å². The molecule has 1 aromatic heterocycles. The van der Waals surface area contributed by atoms with Gasteiger partial charge in [-0.15, -0.1) is 11.3 Å². The van der Waals surface area contributed by atoms with Crippen molar-refractivity contribution in [2.45, 2.75) is 0 Å². The fourth-order valence-corrected chi connectivity index (χ4v) is 3.44. The number of rotatable bonds is 3. The molecule has 0 aliphatic carbocycles. The Hall–Kier alpha value is -1.25. The zero-order valence-corrected chi connectivity index (χ0v) is 14.6. The number of thiophene rings is 1. The molecule has 1 N–H and O–H groups in total. The van der Waals surface area contributed by atoms with E-state index in [0.29, 0.717) is 4.88 Å². The molecule has 0 bridgehead atoms. The molecular formula is C13H8Br2FNO3S. The number of carbonyl (C=O) groups excluding carboxylic acids is 2. The van der Waals surface area contributed by atoms with Crippen LogP contribution in [0, 0.1) is 5.82 Å². The van der Waals surface area contributed by atoms with Gasteiger partial charge in [-0.3, -0.25) is 4.79 Å². The summed E-state index contributed by atoms with van der Waals surface area (Å²) in [7, 11) is 1.23. The number of halogens is 3. The molecule has 21 heavy (non-hydrogen) atoms. The third kappa shape index (κ3) is 3.69. The zero-order valence-electron chi connectivity index (χ0n) is 10.6. The number of hydrogen-bond acceptors (Lipinski definition) is 4. The molecule has 0 spiro atoms. The normalized spacial score (nSPS) is 10.3. The van der Waals surface area contributed by atoms with Gasteiger partial charge in [0.25, 0.3) is 5.91 Å². The quantitative estimate of drug-likeness (QED) is 0.723. The van der Waals surface area contributed by atoms with Crippen LogP contribution in [0.3, 0.4) is 0 Å². The van der Waals surface area contributed by atoms with Crippen LogP contribution in [0.5, 0.6) is 0 Å². The van der Waals surface area contributed by atoms with Gasteiger partial charge in [-0.05, 0) is 56.1 Å². The van der Waals surface area contributed by atoms with Gasteiger partial charge in [0.2, 0.25) is 0 Å². The number of carbonyl (C=O) groups is 2. The molecule has 110 valence electrons. The molecule has 0 fully saturated rings. The van der Waals surface area contributed by atoms with Gasteiger partial charge in [0, 0.05) is 4.47 Å². The average Bonchev–Trinajstić information content (AvgIpc) is 2.80. The van der Waals surface area contributed by atoms with Crippen molar-refractivity contribution in [1.82, 2.24) is 0 Å². The number of nitrogens with one attached hydrogen (secondary N) is 1. The predicted octanol–water partition coefficient (Wildman–Crippen LogP) is 4.45. The summed E-state index contributed by atoms with van der Waals surface area (Å²) < 4.78 is 19.8. The highest BCUT2D eigenvalue weighted by Crippen LogP contribution is 2.32. The van der Waals surface area contributed by atoms with Crippen molar-refractivity contribution in [3.05, 3.63) is 48.8 Å². The molecule has 2 rings (SSSR count). The number of esters is 1. The molecule has 0 radical (unpaired) electrons. The first kappa shape index (κ1) is 16.1. The lowest BCUT2D eigenvalue weighted by atomic mass is 10.2. The van der Waals surface area contributed by atoms with Crippen LogP contribution in [0.2, 0.25) is 0 Å². The molecule has 2 aromatic rings. The highest BCUT2D eigenvalue weighted by molar-refractivity contribution is 9.13. The summed E-state index contributed by atoms with van der Waals surface area (Å²) in [6.07, 6.45) is 0. The molecular weight excluding hydrogens is 429 g/mol. The Bertz CT molecular complexity index is 698. The van der Waals surface area contributed by atoms with E-state index in [9.17, 15) is 14.0 Å². The van der Waals surface area contributed by atoms with Gasteiger partial charge >= 0.3 is 5.97 Å². The van der Waals surface area contributed by atoms with Crippen LogP contribution in [0.1, 0.15) is 20.0 Å². The lowest BCUT2D eigenvalue weighted by molar-refractivity contribution is 0.0600. The second kappa shape index (κ2) is 6.67. The van der Waals surface area contributed by atoms with Gasteiger partial charge in [-0.25, -0.2) is 9.18 Å². The smallest absolute Gasteiger partial charge is 0.337 e. The van der Waals surface area contributed by atoms with Gasteiger partial charge < -0.3 is 10.1 Å². The lowest BCUT2D eigenvalue weighted by Gasteiger charge is -2.07. The minimum absolute atomic E-state index is 0.0801. The SMILES string of the molecule is COC(=O)c1ccc(F)c(NC(=O)c2cc(Br)c(Br)s2)c1. The summed E-state index contributed by atoms with van der Waals surface area (Å²) in [6, 6.07) is 5.24. The summed E-state index contributed by atoms with van der Waals surface area (Å²) in [5.41, 5.74) is 0.0753. The van der Waals surface area contributed by atoms with Crippen molar-refractivity contribution >= 4 is 60.8 Å². The summed E-state index contributed by atoms with van der Waals surface area (Å²) >= 11 is 7.76. The van der Waals surface area contributed by atoms with Crippen molar-refractivity contribution in [3.63, 3.8) is 0 Å². The Balaban J connectivity index is 2.26. The Kier molecular flexibility index (Phi) is 5.13. The third-order valence-electron chi connectivity index (χ3n) is 2.50. The average molecular weight is 437 g/mol. The first-order valence-electron chi connectivity index (χ1n) is 5.56. The lowest BCUT2D eigenvalue weighted by Crippen LogP contribution is -2.12. The molecule has 0 saturated heterocycles. The number of amides is 1. The second-order valence-electron chi connectivity index (χ2n) is 3.87. The molecule has 0 saturated carbocycles. The summed E-state index contributed by atoms with van der Waals surface area (Å²) in [4.78, 5) is 23.9. The number of ether oxygens (including phenoxy) is 1. The zero-order chi connectivity index (χ0) is 15.6. The molecule has 4 nitrogen and oxygen atoms in total. The van der Waals surface area contributed by atoms with Crippen LogP contribution < -0.4 is 5.32 Å². The molecule has 0 aliphatic rings. The second-order valence-corrected chi connectivity index (χ2v) is 7.10. The highest BCUT2D eigenvalue weighted by Gasteiger charge is 2.16. The molecule has 1 amide bonds. The third-order valence-corrected chi connectivity index (χ3v) is 5.76. The standard InChI is InChI=1S/C13H8Br2FNO3S/c1-20-13(19)6-2-3-8(16)9(4-6)17-12(18)10-5-7(14)11(15)21-10/h2-5H,1H3,(H,17,18). The summed E-state index contributed by atoms with van der Waals surface area (Å²) in [6.45, 7) is 0. The number of benzene rings is 1. The van der Waals surface area contributed by atoms with Crippen molar-refractivity contribution in [3.8, 4) is 0 Å². The Morgan fingerprint density at radius 1 is 1.29 bits per heavy atom. The predicted molar refractivity (Wildman–Crippen MR) is 85.4 cm³/mol. The minimum Gasteiger partial charge on any atom is -0.465 e. The Morgan fingerprint density at radius 3 is 2.57 bits per heavy atom. The maximum atomic E-state index is 13.7. The van der Waals surface area contributed by atoms with E-state index in [0.717, 1.165) is 14.3 Å². The minimum atomic E-state index is -0.634. The highest BCUT2D eigenvalue weighted by atomic mass is 79.9. The van der Waals surface area contributed by atoms with Crippen molar-refractivity contribution in [1.29, 1.82) is 0 Å². The molecule has 0 atom stereocenters. The Morgan fingerprint density at radius 2 is 2.00 bits per heavy atom. The molecule has 1 aromatic carbocycles. The van der Waals surface area contributed by atoms with E-state index in [4.69, 9.17) is 0 Å². The van der Waals surface area contributed by atoms with Gasteiger partial charge in [0.15, 0.2) is 0 Å². The molecule has 8 heteroatoms. The number of methoxy groups -OCH3 is 1. The van der Waals surface area contributed by atoms with Gasteiger partial charge in [-0.2, -0.15) is 0 Å². The van der Waals surface area contributed by atoms with E-state index in [-0.39, 0.29) is 11.3 Å². The largest absolute Gasteiger partial charge is 0.465 e. The van der Waals surface area contributed by atoms with Crippen molar-refractivity contribution in [2.24, 2.45) is 0 Å². The van der Waals surface area contributed by atoms with Crippen LogP contribution in [0.25, 0.3) is 0 Å². The van der Waals surface area contributed by atoms with Crippen LogP contribution in [-0.4, -0.2) is 19.0 Å². The molecule has 0 aliphatic heterocycles. The summed E-state index contributed by atoms with van der Waals surface area (Å²) in [5.74, 6) is -1.70. The van der Waals surface area contributed by atoms with E-state index >= 15 is 0 Å².